The first-order valence-electron chi connectivity index (χ1n) is 19.6. The van der Waals surface area contributed by atoms with Crippen LogP contribution in [0.2, 0.25) is 0 Å². The molecule has 0 amide bonds. The number of hydrogen-bond acceptors (Lipinski definition) is 10. The van der Waals surface area contributed by atoms with Crippen LogP contribution in [0.25, 0.3) is 0 Å². The highest BCUT2D eigenvalue weighted by atomic mass is 16.7. The van der Waals surface area contributed by atoms with E-state index in [4.69, 9.17) is 28.4 Å². The van der Waals surface area contributed by atoms with E-state index in [1.165, 1.54) is 0 Å². The molecule has 5 heterocycles. The first kappa shape index (κ1) is 41.0. The van der Waals surface area contributed by atoms with Crippen molar-refractivity contribution in [2.75, 3.05) is 13.7 Å². The fourth-order valence-electron chi connectivity index (χ4n) is 10.5. The van der Waals surface area contributed by atoms with Crippen LogP contribution in [0.5, 0.6) is 0 Å². The van der Waals surface area contributed by atoms with Crippen LogP contribution in [0.4, 0.5) is 0 Å². The van der Waals surface area contributed by atoms with Crippen LogP contribution >= 0.6 is 0 Å². The van der Waals surface area contributed by atoms with E-state index in [1.54, 1.807) is 20.1 Å². The third-order valence-corrected chi connectivity index (χ3v) is 13.5. The van der Waals surface area contributed by atoms with Crippen LogP contribution in [0.1, 0.15) is 120 Å². The van der Waals surface area contributed by atoms with E-state index in [0.717, 1.165) is 32.1 Å². The first-order valence-corrected chi connectivity index (χ1v) is 19.6. The maximum absolute atomic E-state index is 11.2. The van der Waals surface area contributed by atoms with Gasteiger partial charge in [0.1, 0.15) is 0 Å². The van der Waals surface area contributed by atoms with Crippen molar-refractivity contribution in [2.24, 2.45) is 35.5 Å². The van der Waals surface area contributed by atoms with E-state index in [-0.39, 0.29) is 72.1 Å². The van der Waals surface area contributed by atoms with Crippen molar-refractivity contribution >= 4 is 5.97 Å². The molecule has 5 rings (SSSR count). The van der Waals surface area contributed by atoms with Crippen molar-refractivity contribution in [1.29, 1.82) is 0 Å². The Hall–Kier alpha value is -1.15. The summed E-state index contributed by atoms with van der Waals surface area (Å²) in [6.07, 6.45) is 6.24. The lowest BCUT2D eigenvalue weighted by Crippen LogP contribution is -2.58. The summed E-state index contributed by atoms with van der Waals surface area (Å²) in [5.74, 6) is -3.08. The zero-order valence-electron chi connectivity index (χ0n) is 32.8. The number of methoxy groups -OCH3 is 1. The fourth-order valence-corrected chi connectivity index (χ4v) is 10.5. The van der Waals surface area contributed by atoms with Gasteiger partial charge in [0, 0.05) is 36.9 Å². The summed E-state index contributed by atoms with van der Waals surface area (Å²) in [7, 11) is 1.73. The van der Waals surface area contributed by atoms with Gasteiger partial charge in [-0.05, 0) is 89.9 Å². The van der Waals surface area contributed by atoms with E-state index in [9.17, 15) is 25.2 Å². The van der Waals surface area contributed by atoms with E-state index in [1.807, 2.05) is 13.8 Å². The second kappa shape index (κ2) is 15.5. The van der Waals surface area contributed by atoms with Gasteiger partial charge in [0.05, 0.1) is 60.5 Å². The lowest BCUT2D eigenvalue weighted by molar-refractivity contribution is -0.352. The maximum Gasteiger partial charge on any atom is 0.330 e. The number of allylic oxidation sites excluding steroid dienone is 1. The Bertz CT molecular complexity index is 1240. The van der Waals surface area contributed by atoms with E-state index >= 15 is 0 Å². The summed E-state index contributed by atoms with van der Waals surface area (Å²) in [5, 5.41) is 41.2. The standard InChI is InChI=1S/C40H68O11/c1-22(15-25(4)36(43)44)11-12-29(42)18-30-19-31(46-10)28(7)40(48-30)27(6)20-38(9,51-40)33-13-14-37(8,49-33)35-24(3)17-32(47-35)34-23(2)16-26(5)39(45,21-41)50-34/h15,22-24,26-35,41-42,45H,11-14,16-21H2,1-10H3,(H,43,44)/b25-15+/t22-,23-,24-,26+,27+,28+,29+,30+,31+,32+,33+,34-,35+,37-,38-,39-,40+/m0/s1. The van der Waals surface area contributed by atoms with Crippen LogP contribution < -0.4 is 0 Å². The highest BCUT2D eigenvalue weighted by Gasteiger charge is 2.65. The molecule has 0 radical (unpaired) electrons. The topological polar surface area (TPSA) is 153 Å². The van der Waals surface area contributed by atoms with Gasteiger partial charge in [-0.15, -0.1) is 0 Å². The molecule has 0 saturated carbocycles. The van der Waals surface area contributed by atoms with Crippen LogP contribution in [0.15, 0.2) is 11.6 Å². The Morgan fingerprint density at radius 1 is 0.980 bits per heavy atom. The SMILES string of the molecule is CO[C@@H]1C[C@@H](C[C@H](O)CC[C@H](C)/C=C(\C)C(=O)O)O[C@]2(O[C@](C)([C@H]3CC[C@@](C)([C@@H]4O[C@@H]([C@H]5O[C@@](O)(CO)[C@H](C)C[C@@H]5C)C[C@@H]4C)O3)C[C@H]2C)[C@@H]1C. The number of hydrogen-bond donors (Lipinski definition) is 4. The van der Waals surface area contributed by atoms with E-state index in [2.05, 4.69) is 41.5 Å². The fraction of sp³-hybridized carbons (Fsp3) is 0.925. The van der Waals surface area contributed by atoms with Gasteiger partial charge in [-0.2, -0.15) is 0 Å². The van der Waals surface area contributed by atoms with Crippen molar-refractivity contribution in [3.63, 3.8) is 0 Å². The second-order valence-electron chi connectivity index (χ2n) is 17.8. The molecule has 294 valence electrons. The molecule has 0 aromatic rings. The lowest BCUT2D eigenvalue weighted by atomic mass is 9.78. The van der Waals surface area contributed by atoms with Crippen molar-refractivity contribution in [1.82, 2.24) is 0 Å². The Morgan fingerprint density at radius 3 is 2.33 bits per heavy atom. The summed E-state index contributed by atoms with van der Waals surface area (Å²) in [6, 6.07) is 0. The minimum absolute atomic E-state index is 0.0404. The van der Waals surface area contributed by atoms with Gasteiger partial charge in [0.25, 0.3) is 0 Å². The van der Waals surface area contributed by atoms with Gasteiger partial charge in [-0.1, -0.05) is 47.6 Å². The monoisotopic (exact) mass is 724 g/mol. The number of ether oxygens (including phenoxy) is 6. The summed E-state index contributed by atoms with van der Waals surface area (Å²) in [5.41, 5.74) is -0.818. The van der Waals surface area contributed by atoms with Gasteiger partial charge < -0.3 is 48.8 Å². The van der Waals surface area contributed by atoms with E-state index in [0.29, 0.717) is 31.3 Å². The Kier molecular flexibility index (Phi) is 12.5. The molecular weight excluding hydrogens is 656 g/mol. The first-order chi connectivity index (χ1) is 23.8. The average Bonchev–Trinajstić information content (AvgIpc) is 3.74. The van der Waals surface area contributed by atoms with Gasteiger partial charge in [0.2, 0.25) is 0 Å². The van der Waals surface area contributed by atoms with Gasteiger partial charge in [-0.3, -0.25) is 0 Å². The number of aliphatic hydroxyl groups excluding tert-OH is 2. The minimum Gasteiger partial charge on any atom is -0.478 e. The number of carboxylic acid groups (broad SMARTS) is 1. The number of carbonyl (C=O) groups is 1. The number of aliphatic hydroxyl groups is 3. The Labute approximate surface area is 305 Å². The average molecular weight is 725 g/mol. The van der Waals surface area contributed by atoms with Crippen LogP contribution in [0, 0.1) is 35.5 Å². The highest BCUT2D eigenvalue weighted by Crippen LogP contribution is 2.57. The van der Waals surface area contributed by atoms with Crippen LogP contribution in [0.3, 0.4) is 0 Å². The molecule has 11 nitrogen and oxygen atoms in total. The normalized spacial score (nSPS) is 49.0. The molecule has 1 spiro atoms. The molecule has 11 heteroatoms. The predicted octanol–water partition coefficient (Wildman–Crippen LogP) is 5.61. The number of carboxylic acids is 1. The summed E-state index contributed by atoms with van der Waals surface area (Å²) < 4.78 is 40.1. The Morgan fingerprint density at radius 2 is 1.69 bits per heavy atom. The number of rotatable bonds is 12. The quantitative estimate of drug-likeness (QED) is 0.186. The molecule has 0 unspecified atom stereocenters. The zero-order valence-corrected chi connectivity index (χ0v) is 32.8. The molecule has 5 saturated heterocycles. The van der Waals surface area contributed by atoms with Crippen LogP contribution in [-0.4, -0.2) is 106 Å². The molecule has 17 atom stereocenters. The van der Waals surface area contributed by atoms with Crippen LogP contribution in [-0.2, 0) is 33.2 Å². The molecule has 5 fully saturated rings. The zero-order chi connectivity index (χ0) is 37.7. The number of aliphatic carboxylic acids is 1. The van der Waals surface area contributed by atoms with Crippen molar-refractivity contribution in [3.05, 3.63) is 11.6 Å². The molecule has 0 bridgehead atoms. The molecular formula is C40H68O11. The van der Waals surface area contributed by atoms with Gasteiger partial charge in [0.15, 0.2) is 11.6 Å². The summed E-state index contributed by atoms with van der Waals surface area (Å²) in [6.45, 7) is 18.0. The van der Waals surface area contributed by atoms with Crippen molar-refractivity contribution in [3.8, 4) is 0 Å². The largest absolute Gasteiger partial charge is 0.478 e. The predicted molar refractivity (Wildman–Crippen MR) is 191 cm³/mol. The van der Waals surface area contributed by atoms with E-state index < -0.39 is 41.5 Å². The van der Waals surface area contributed by atoms with Gasteiger partial charge in [-0.25, -0.2) is 4.79 Å². The third kappa shape index (κ3) is 8.13. The molecule has 5 aliphatic rings. The second-order valence-corrected chi connectivity index (χ2v) is 17.8. The summed E-state index contributed by atoms with van der Waals surface area (Å²) >= 11 is 0. The molecule has 0 aromatic heterocycles. The molecule has 5 aliphatic heterocycles. The molecule has 51 heavy (non-hydrogen) atoms. The Balaban J connectivity index is 1.24. The summed E-state index contributed by atoms with van der Waals surface area (Å²) in [4.78, 5) is 11.2. The smallest absolute Gasteiger partial charge is 0.330 e. The maximum atomic E-state index is 11.2. The van der Waals surface area contributed by atoms with Gasteiger partial charge >= 0.3 is 5.97 Å². The van der Waals surface area contributed by atoms with Crippen molar-refractivity contribution < 1.29 is 53.6 Å². The molecule has 0 aromatic carbocycles. The third-order valence-electron chi connectivity index (χ3n) is 13.5. The molecule has 4 N–H and O–H groups in total. The minimum atomic E-state index is -1.56. The highest BCUT2D eigenvalue weighted by molar-refractivity contribution is 5.85. The lowest BCUT2D eigenvalue weighted by Gasteiger charge is -2.50. The molecule has 0 aliphatic carbocycles. The van der Waals surface area contributed by atoms with Crippen molar-refractivity contribution in [2.45, 2.75) is 186 Å².